The summed E-state index contributed by atoms with van der Waals surface area (Å²) < 4.78 is 11.8. The number of carbonyl (C=O) groups is 1. The van der Waals surface area contributed by atoms with E-state index in [0.717, 1.165) is 22.4 Å². The molecule has 0 aliphatic heterocycles. The summed E-state index contributed by atoms with van der Waals surface area (Å²) in [5, 5.41) is 12.5. The highest BCUT2D eigenvalue weighted by Crippen LogP contribution is 2.30. The van der Waals surface area contributed by atoms with Gasteiger partial charge in [-0.1, -0.05) is 30.3 Å². The van der Waals surface area contributed by atoms with Crippen molar-refractivity contribution in [3.05, 3.63) is 88.5 Å². The molecule has 0 amide bonds. The van der Waals surface area contributed by atoms with E-state index in [0.29, 0.717) is 31.3 Å². The fraction of sp³-hybridized carbons (Fsp3) is 0.240. The predicted molar refractivity (Wildman–Crippen MR) is 119 cm³/mol. The van der Waals surface area contributed by atoms with Gasteiger partial charge in [0.2, 0.25) is 0 Å². The molecule has 2 N–H and O–H groups in total. The van der Waals surface area contributed by atoms with Gasteiger partial charge in [0.15, 0.2) is 11.5 Å². The van der Waals surface area contributed by atoms with Crippen LogP contribution in [0.2, 0.25) is 0 Å². The van der Waals surface area contributed by atoms with E-state index < -0.39 is 5.97 Å². The van der Waals surface area contributed by atoms with Crippen molar-refractivity contribution in [1.82, 2.24) is 0 Å². The summed E-state index contributed by atoms with van der Waals surface area (Å²) in [7, 11) is 0. The van der Waals surface area contributed by atoms with Gasteiger partial charge in [0.25, 0.3) is 0 Å². The molecule has 0 aromatic heterocycles. The molecule has 0 heterocycles. The van der Waals surface area contributed by atoms with E-state index in [1.165, 1.54) is 5.56 Å². The number of anilines is 1. The van der Waals surface area contributed by atoms with E-state index in [4.69, 9.17) is 14.6 Å². The van der Waals surface area contributed by atoms with Crippen LogP contribution in [0.1, 0.15) is 39.5 Å². The number of nitrogens with one attached hydrogen (secondary N) is 1. The van der Waals surface area contributed by atoms with Crippen LogP contribution < -0.4 is 14.8 Å². The lowest BCUT2D eigenvalue weighted by atomic mass is 10.1. The molecule has 3 aromatic carbocycles. The smallest absolute Gasteiger partial charge is 0.335 e. The van der Waals surface area contributed by atoms with Gasteiger partial charge in [0.1, 0.15) is 6.61 Å². The van der Waals surface area contributed by atoms with Crippen LogP contribution in [0.3, 0.4) is 0 Å². The summed E-state index contributed by atoms with van der Waals surface area (Å²) >= 11 is 0. The summed E-state index contributed by atoms with van der Waals surface area (Å²) in [5.41, 5.74) is 5.46. The second-order valence-electron chi connectivity index (χ2n) is 7.12. The summed E-state index contributed by atoms with van der Waals surface area (Å²) in [4.78, 5) is 11.1. The predicted octanol–water partition coefficient (Wildman–Crippen LogP) is 5.59. The maximum Gasteiger partial charge on any atom is 0.335 e. The van der Waals surface area contributed by atoms with E-state index in [1.807, 2.05) is 44.2 Å². The Morgan fingerprint density at radius 2 is 1.73 bits per heavy atom. The largest absolute Gasteiger partial charge is 0.490 e. The van der Waals surface area contributed by atoms with Gasteiger partial charge >= 0.3 is 5.97 Å². The first-order chi connectivity index (χ1) is 14.5. The van der Waals surface area contributed by atoms with E-state index in [1.54, 1.807) is 18.2 Å². The third-order valence-corrected chi connectivity index (χ3v) is 4.91. The van der Waals surface area contributed by atoms with Crippen LogP contribution >= 0.6 is 0 Å². The van der Waals surface area contributed by atoms with Crippen LogP contribution in [-0.2, 0) is 13.2 Å². The average Bonchev–Trinajstić information content (AvgIpc) is 2.73. The van der Waals surface area contributed by atoms with Crippen molar-refractivity contribution < 1.29 is 19.4 Å². The molecule has 30 heavy (non-hydrogen) atoms. The SMILES string of the molecule is CCOc1cc(CNc2ccc(C(=O)O)cc2C)ccc1OCc1ccccc1C. The third-order valence-electron chi connectivity index (χ3n) is 4.91. The monoisotopic (exact) mass is 405 g/mol. The summed E-state index contributed by atoms with van der Waals surface area (Å²) in [5.74, 6) is 0.501. The van der Waals surface area contributed by atoms with Crippen LogP contribution in [0.25, 0.3) is 0 Å². The lowest BCUT2D eigenvalue weighted by Gasteiger charge is -2.15. The maximum absolute atomic E-state index is 11.1. The number of carboxylic acids is 1. The van der Waals surface area contributed by atoms with Crippen molar-refractivity contribution in [2.24, 2.45) is 0 Å². The van der Waals surface area contributed by atoms with Crippen LogP contribution in [0.4, 0.5) is 5.69 Å². The third kappa shape index (κ3) is 5.32. The number of hydrogen-bond acceptors (Lipinski definition) is 4. The van der Waals surface area contributed by atoms with E-state index >= 15 is 0 Å². The lowest BCUT2D eigenvalue weighted by Crippen LogP contribution is -2.05. The van der Waals surface area contributed by atoms with Gasteiger partial charge in [-0.25, -0.2) is 4.79 Å². The van der Waals surface area contributed by atoms with Crippen LogP contribution in [0.15, 0.2) is 60.7 Å². The van der Waals surface area contributed by atoms with Gasteiger partial charge in [-0.2, -0.15) is 0 Å². The van der Waals surface area contributed by atoms with Gasteiger partial charge < -0.3 is 19.9 Å². The van der Waals surface area contributed by atoms with E-state index in [-0.39, 0.29) is 5.56 Å². The molecular formula is C25H27NO4. The van der Waals surface area contributed by atoms with Gasteiger partial charge in [-0.15, -0.1) is 0 Å². The molecule has 156 valence electrons. The number of carboxylic acid groups (broad SMARTS) is 1. The van der Waals surface area contributed by atoms with Gasteiger partial charge in [-0.3, -0.25) is 0 Å². The molecular weight excluding hydrogens is 378 g/mol. The minimum Gasteiger partial charge on any atom is -0.490 e. The van der Waals surface area contributed by atoms with Gasteiger partial charge in [0.05, 0.1) is 12.2 Å². The summed E-state index contributed by atoms with van der Waals surface area (Å²) in [6.07, 6.45) is 0. The molecule has 3 rings (SSSR count). The van der Waals surface area contributed by atoms with Crippen LogP contribution in [0, 0.1) is 13.8 Å². The van der Waals surface area contributed by atoms with Crippen LogP contribution in [-0.4, -0.2) is 17.7 Å². The number of ether oxygens (including phenoxy) is 2. The molecule has 0 atom stereocenters. The highest BCUT2D eigenvalue weighted by atomic mass is 16.5. The second kappa shape index (κ2) is 9.83. The number of rotatable bonds is 9. The van der Waals surface area contributed by atoms with Crippen molar-refractivity contribution in [3.63, 3.8) is 0 Å². The van der Waals surface area contributed by atoms with Crippen molar-refractivity contribution >= 4 is 11.7 Å². The molecule has 0 saturated carbocycles. The van der Waals surface area contributed by atoms with E-state index in [9.17, 15) is 4.79 Å². The van der Waals surface area contributed by atoms with E-state index in [2.05, 4.69) is 24.4 Å². The quantitative estimate of drug-likeness (QED) is 0.486. The Labute approximate surface area is 177 Å². The minimum atomic E-state index is -0.924. The molecule has 0 spiro atoms. The molecule has 5 nitrogen and oxygen atoms in total. The normalized spacial score (nSPS) is 10.5. The molecule has 0 saturated heterocycles. The zero-order chi connectivity index (χ0) is 21.5. The highest BCUT2D eigenvalue weighted by Gasteiger charge is 2.09. The molecule has 0 unspecified atom stereocenters. The topological polar surface area (TPSA) is 67.8 Å². The summed E-state index contributed by atoms with van der Waals surface area (Å²) in [6, 6.07) is 19.1. The Bertz CT molecular complexity index is 1030. The lowest BCUT2D eigenvalue weighted by molar-refractivity contribution is 0.0697. The van der Waals surface area contributed by atoms with Crippen molar-refractivity contribution in [2.75, 3.05) is 11.9 Å². The zero-order valence-corrected chi connectivity index (χ0v) is 17.6. The second-order valence-corrected chi connectivity index (χ2v) is 7.12. The molecule has 0 fully saturated rings. The average molecular weight is 405 g/mol. The maximum atomic E-state index is 11.1. The van der Waals surface area contributed by atoms with Crippen LogP contribution in [0.5, 0.6) is 11.5 Å². The molecule has 0 bridgehead atoms. The molecule has 3 aromatic rings. The molecule has 0 aliphatic rings. The van der Waals surface area contributed by atoms with Crippen molar-refractivity contribution in [1.29, 1.82) is 0 Å². The Kier molecular flexibility index (Phi) is 6.96. The summed E-state index contributed by atoms with van der Waals surface area (Å²) in [6.45, 7) is 7.53. The zero-order valence-electron chi connectivity index (χ0n) is 17.6. The fourth-order valence-electron chi connectivity index (χ4n) is 3.17. The van der Waals surface area contributed by atoms with Crippen molar-refractivity contribution in [2.45, 2.75) is 33.9 Å². The Balaban J connectivity index is 1.70. The first-order valence-electron chi connectivity index (χ1n) is 9.98. The number of hydrogen-bond donors (Lipinski definition) is 2. The number of aromatic carboxylic acids is 1. The Morgan fingerprint density at radius 1 is 0.933 bits per heavy atom. The Hall–Kier alpha value is -3.47. The molecule has 0 aliphatic carbocycles. The first-order valence-corrected chi connectivity index (χ1v) is 9.98. The number of aryl methyl sites for hydroxylation is 2. The van der Waals surface area contributed by atoms with Gasteiger partial charge in [0, 0.05) is 12.2 Å². The fourth-order valence-corrected chi connectivity index (χ4v) is 3.17. The van der Waals surface area contributed by atoms with Crippen molar-refractivity contribution in [3.8, 4) is 11.5 Å². The Morgan fingerprint density at radius 3 is 2.43 bits per heavy atom. The minimum absolute atomic E-state index is 0.284. The highest BCUT2D eigenvalue weighted by molar-refractivity contribution is 5.88. The standard InChI is InChI=1S/C25H27NO4/c1-4-29-24-14-19(15-26-22-11-10-20(25(27)28)13-18(22)3)9-12-23(24)30-16-21-8-6-5-7-17(21)2/h5-14,26H,4,15-16H2,1-3H3,(H,27,28). The molecule has 0 radical (unpaired) electrons. The molecule has 5 heteroatoms. The van der Waals surface area contributed by atoms with Gasteiger partial charge in [-0.05, 0) is 73.4 Å². The number of benzene rings is 3. The first kappa shape index (κ1) is 21.2.